The molecule has 32 heavy (non-hydrogen) atoms. The fourth-order valence-electron chi connectivity index (χ4n) is 3.44. The van der Waals surface area contributed by atoms with Gasteiger partial charge in [0.15, 0.2) is 12.6 Å². The van der Waals surface area contributed by atoms with E-state index in [1.165, 1.54) is 42.5 Å². The van der Waals surface area contributed by atoms with Crippen molar-refractivity contribution < 1.29 is 32.9 Å². The quantitative estimate of drug-likeness (QED) is 0.310. The molecule has 2 aliphatic rings. The van der Waals surface area contributed by atoms with Gasteiger partial charge in [0.05, 0.1) is 17.7 Å². The van der Waals surface area contributed by atoms with Gasteiger partial charge < -0.3 is 18.9 Å². The van der Waals surface area contributed by atoms with Crippen molar-refractivity contribution in [2.45, 2.75) is 6.61 Å². The van der Waals surface area contributed by atoms with Crippen LogP contribution in [0.15, 0.2) is 60.4 Å². The summed E-state index contributed by atoms with van der Waals surface area (Å²) in [6.07, 6.45) is 1.56. The summed E-state index contributed by atoms with van der Waals surface area (Å²) in [5.41, 5.74) is 1.89. The normalized spacial score (nSPS) is 15.6. The van der Waals surface area contributed by atoms with Gasteiger partial charge in [-0.05, 0) is 54.6 Å². The summed E-state index contributed by atoms with van der Waals surface area (Å²) in [6.45, 7) is 0.451. The van der Waals surface area contributed by atoms with E-state index in [9.17, 15) is 14.0 Å². The first kappa shape index (κ1) is 20.2. The number of rotatable bonds is 3. The Hall–Kier alpha value is -3.68. The summed E-state index contributed by atoms with van der Waals surface area (Å²) in [7, 11) is 0. The zero-order chi connectivity index (χ0) is 22.2. The van der Waals surface area contributed by atoms with E-state index in [0.29, 0.717) is 28.5 Å². The van der Waals surface area contributed by atoms with Gasteiger partial charge in [0, 0.05) is 22.2 Å². The summed E-state index contributed by atoms with van der Waals surface area (Å²) in [6, 6.07) is 12.9. The van der Waals surface area contributed by atoms with E-state index in [0.717, 1.165) is 5.56 Å². The number of esters is 1. The van der Waals surface area contributed by atoms with Crippen molar-refractivity contribution in [3.05, 3.63) is 93.5 Å². The second-order valence-corrected chi connectivity index (χ2v) is 7.52. The van der Waals surface area contributed by atoms with Crippen molar-refractivity contribution in [3.63, 3.8) is 0 Å². The Balaban J connectivity index is 1.40. The molecule has 2 aliphatic heterocycles. The van der Waals surface area contributed by atoms with Gasteiger partial charge in [0.1, 0.15) is 23.1 Å². The lowest BCUT2D eigenvalue weighted by Crippen LogP contribution is -2.12. The number of hydrogen-bond acceptors (Lipinski definition) is 6. The molecule has 0 unspecified atom stereocenters. The Morgan fingerprint density at radius 2 is 1.91 bits per heavy atom. The summed E-state index contributed by atoms with van der Waals surface area (Å²) >= 11 is 6.19. The molecule has 0 bridgehead atoms. The van der Waals surface area contributed by atoms with Crippen LogP contribution in [0.4, 0.5) is 4.39 Å². The van der Waals surface area contributed by atoms with Gasteiger partial charge in [-0.15, -0.1) is 0 Å². The second kappa shape index (κ2) is 8.11. The van der Waals surface area contributed by atoms with E-state index in [4.69, 9.17) is 30.5 Å². The predicted molar refractivity (Wildman–Crippen MR) is 112 cm³/mol. The van der Waals surface area contributed by atoms with Crippen LogP contribution in [0.25, 0.3) is 6.08 Å². The van der Waals surface area contributed by atoms with Crippen molar-refractivity contribution in [1.82, 2.24) is 0 Å². The third-order valence-corrected chi connectivity index (χ3v) is 5.14. The van der Waals surface area contributed by atoms with Crippen molar-refractivity contribution in [1.29, 1.82) is 0 Å². The first-order valence-electron chi connectivity index (χ1n) is 9.57. The predicted octanol–water partition coefficient (Wildman–Crippen LogP) is 5.18. The van der Waals surface area contributed by atoms with Crippen molar-refractivity contribution in [2.24, 2.45) is 0 Å². The van der Waals surface area contributed by atoms with Crippen LogP contribution in [0, 0.1) is 5.82 Å². The standard InChI is InChI=1S/C24H14ClFO6/c25-16-7-14(23-15(8-16)11-29-12-30-23)9-21-22(27)19-6-5-18(10-20(19)32-21)31-24(28)13-1-3-17(26)4-2-13/h1-10H,11-12H2/b21-9-. The molecule has 3 aromatic rings. The van der Waals surface area contributed by atoms with E-state index >= 15 is 0 Å². The number of carbonyl (C=O) groups excluding carboxylic acids is 2. The van der Waals surface area contributed by atoms with E-state index in [1.807, 2.05) is 0 Å². The highest BCUT2D eigenvalue weighted by Gasteiger charge is 2.29. The number of fused-ring (bicyclic) bond motifs is 2. The van der Waals surface area contributed by atoms with Gasteiger partial charge in [0.2, 0.25) is 5.78 Å². The zero-order valence-corrected chi connectivity index (χ0v) is 17.1. The van der Waals surface area contributed by atoms with Crippen LogP contribution < -0.4 is 14.2 Å². The van der Waals surface area contributed by atoms with Crippen molar-refractivity contribution >= 4 is 29.4 Å². The molecule has 0 fully saturated rings. The van der Waals surface area contributed by atoms with Crippen molar-refractivity contribution in [3.8, 4) is 17.2 Å². The highest BCUT2D eigenvalue weighted by atomic mass is 35.5. The van der Waals surface area contributed by atoms with E-state index in [1.54, 1.807) is 18.2 Å². The first-order valence-corrected chi connectivity index (χ1v) is 9.95. The summed E-state index contributed by atoms with van der Waals surface area (Å²) in [5, 5.41) is 0.475. The van der Waals surface area contributed by atoms with Crippen LogP contribution >= 0.6 is 11.6 Å². The first-order chi connectivity index (χ1) is 15.5. The van der Waals surface area contributed by atoms with Gasteiger partial charge in [-0.3, -0.25) is 4.79 Å². The Morgan fingerprint density at radius 3 is 2.72 bits per heavy atom. The van der Waals surface area contributed by atoms with Crippen LogP contribution in [0.1, 0.15) is 31.8 Å². The van der Waals surface area contributed by atoms with E-state index < -0.39 is 11.8 Å². The molecular weight excluding hydrogens is 439 g/mol. The molecule has 0 radical (unpaired) electrons. The fraction of sp³-hybridized carbons (Fsp3) is 0.0833. The van der Waals surface area contributed by atoms with Gasteiger partial charge in [-0.25, -0.2) is 9.18 Å². The monoisotopic (exact) mass is 452 g/mol. The SMILES string of the molecule is O=C(Oc1ccc2c(c1)O/C(=C\c1cc(Cl)cc3c1OCOC3)C2=O)c1ccc(F)cc1. The average Bonchev–Trinajstić information content (AvgIpc) is 3.08. The van der Waals surface area contributed by atoms with Crippen LogP contribution in [0.2, 0.25) is 5.02 Å². The molecule has 0 amide bonds. The molecule has 0 spiro atoms. The summed E-state index contributed by atoms with van der Waals surface area (Å²) in [4.78, 5) is 25.1. The highest BCUT2D eigenvalue weighted by molar-refractivity contribution is 6.31. The lowest BCUT2D eigenvalue weighted by atomic mass is 10.1. The van der Waals surface area contributed by atoms with E-state index in [2.05, 4.69) is 0 Å². The smallest absolute Gasteiger partial charge is 0.343 e. The molecule has 8 heteroatoms. The fourth-order valence-corrected chi connectivity index (χ4v) is 3.69. The van der Waals surface area contributed by atoms with Crippen LogP contribution in [0.3, 0.4) is 0 Å². The van der Waals surface area contributed by atoms with Crippen LogP contribution in [0.5, 0.6) is 17.2 Å². The molecule has 2 heterocycles. The maximum absolute atomic E-state index is 13.0. The summed E-state index contributed by atoms with van der Waals surface area (Å²) in [5.74, 6) is -0.328. The lowest BCUT2D eigenvalue weighted by Gasteiger charge is -2.20. The van der Waals surface area contributed by atoms with Gasteiger partial charge in [-0.2, -0.15) is 0 Å². The topological polar surface area (TPSA) is 71.1 Å². The Labute approximate surface area is 186 Å². The third-order valence-electron chi connectivity index (χ3n) is 4.92. The molecule has 0 aliphatic carbocycles. The largest absolute Gasteiger partial charge is 0.467 e. The molecule has 5 rings (SSSR count). The number of allylic oxidation sites excluding steroid dienone is 1. The second-order valence-electron chi connectivity index (χ2n) is 7.09. The Kier molecular flexibility index (Phi) is 5.13. The Morgan fingerprint density at radius 1 is 1.09 bits per heavy atom. The number of hydrogen-bond donors (Lipinski definition) is 0. The third kappa shape index (κ3) is 3.84. The maximum Gasteiger partial charge on any atom is 0.343 e. The molecule has 0 N–H and O–H groups in total. The molecule has 160 valence electrons. The number of benzene rings is 3. The molecule has 0 saturated carbocycles. The maximum atomic E-state index is 13.0. The summed E-state index contributed by atoms with van der Waals surface area (Å²) < 4.78 is 34.9. The minimum absolute atomic E-state index is 0.0848. The van der Waals surface area contributed by atoms with Crippen molar-refractivity contribution in [2.75, 3.05) is 6.79 Å². The number of halogens is 2. The molecule has 3 aromatic carbocycles. The number of Topliss-reactive ketones (excluding diaryl/α,β-unsaturated/α-hetero) is 1. The van der Waals surface area contributed by atoms with Gasteiger partial charge >= 0.3 is 5.97 Å². The molecule has 0 saturated heterocycles. The van der Waals surface area contributed by atoms with Crippen LogP contribution in [-0.4, -0.2) is 18.5 Å². The molecule has 6 nitrogen and oxygen atoms in total. The highest BCUT2D eigenvalue weighted by Crippen LogP contribution is 2.38. The van der Waals surface area contributed by atoms with E-state index in [-0.39, 0.29) is 35.4 Å². The average molecular weight is 453 g/mol. The Bertz CT molecular complexity index is 1280. The molecular formula is C24H14ClFO6. The number of carbonyl (C=O) groups is 2. The molecule has 0 aromatic heterocycles. The van der Waals surface area contributed by atoms with Gasteiger partial charge in [-0.1, -0.05) is 11.6 Å². The molecule has 0 atom stereocenters. The minimum atomic E-state index is -0.657. The number of ether oxygens (including phenoxy) is 4. The lowest BCUT2D eigenvalue weighted by molar-refractivity contribution is -0.0165. The van der Waals surface area contributed by atoms with Gasteiger partial charge in [0.25, 0.3) is 0 Å². The number of ketones is 1. The minimum Gasteiger partial charge on any atom is -0.467 e. The van der Waals surface area contributed by atoms with Crippen LogP contribution in [-0.2, 0) is 11.3 Å². The zero-order valence-electron chi connectivity index (χ0n) is 16.4.